The molecule has 3 atom stereocenters. The molecule has 1 aliphatic rings. The predicted octanol–water partition coefficient (Wildman–Crippen LogP) is 4.82. The number of hydrogen-bond donors (Lipinski definition) is 3. The topological polar surface area (TPSA) is 107 Å². The van der Waals surface area contributed by atoms with E-state index in [0.29, 0.717) is 24.8 Å². The zero-order valence-corrected chi connectivity index (χ0v) is 21.4. The van der Waals surface area contributed by atoms with E-state index in [4.69, 9.17) is 0 Å². The summed E-state index contributed by atoms with van der Waals surface area (Å²) in [5.74, 6) is -1.72. The molecule has 13 heteroatoms. The molecule has 3 N–H and O–H groups in total. The van der Waals surface area contributed by atoms with Gasteiger partial charge in [-0.05, 0) is 57.0 Å². The first kappa shape index (κ1) is 27.6. The summed E-state index contributed by atoms with van der Waals surface area (Å²) in [6, 6.07) is 7.91. The standard InChI is InChI=1S/C25H27F4N5O3S/c1-34(2)21-11-16(15-4-3-5-17(10-15)25(27,28)29)6-7-19(21)32-20-12-18(26)23(13-22(20)35)38(36,37)33-24-8-9-30-14-31-24/h3-5,8-10,12-14,16,19,21,32,35H,6-7,11H2,1-2H3,(H,30,31,33)/t16?,19-,21-/m0/s1. The Morgan fingerprint density at radius 1 is 1.11 bits per heavy atom. The molecule has 1 unspecified atom stereocenters. The molecule has 0 aliphatic heterocycles. The summed E-state index contributed by atoms with van der Waals surface area (Å²) < 4.78 is 82.0. The predicted molar refractivity (Wildman–Crippen MR) is 134 cm³/mol. The Hall–Kier alpha value is -3.45. The number of nitrogens with zero attached hydrogens (tertiary/aromatic N) is 3. The number of likely N-dealkylation sites (N-methyl/N-ethyl adjacent to an activating group) is 1. The van der Waals surface area contributed by atoms with Crippen molar-refractivity contribution >= 4 is 21.5 Å². The van der Waals surface area contributed by atoms with Gasteiger partial charge in [0.2, 0.25) is 0 Å². The zero-order valence-electron chi connectivity index (χ0n) is 20.6. The fraction of sp³-hybridized carbons (Fsp3) is 0.360. The van der Waals surface area contributed by atoms with Crippen LogP contribution in [0.2, 0.25) is 0 Å². The molecular formula is C25H27F4N5O3S. The minimum Gasteiger partial charge on any atom is -0.506 e. The second kappa shape index (κ2) is 10.7. The summed E-state index contributed by atoms with van der Waals surface area (Å²) in [5.41, 5.74) is -0.0797. The third-order valence-corrected chi connectivity index (χ3v) is 8.04. The molecule has 0 amide bonds. The Kier molecular flexibility index (Phi) is 7.79. The summed E-state index contributed by atoms with van der Waals surface area (Å²) >= 11 is 0. The maximum Gasteiger partial charge on any atom is 0.416 e. The highest BCUT2D eigenvalue weighted by Crippen LogP contribution is 2.39. The first-order chi connectivity index (χ1) is 17.8. The lowest BCUT2D eigenvalue weighted by Gasteiger charge is -2.41. The van der Waals surface area contributed by atoms with Gasteiger partial charge >= 0.3 is 6.18 Å². The molecular weight excluding hydrogens is 526 g/mol. The van der Waals surface area contributed by atoms with Crippen LogP contribution in [0.3, 0.4) is 0 Å². The molecule has 3 aromatic rings. The molecule has 2 aromatic carbocycles. The Balaban J connectivity index is 1.52. The van der Waals surface area contributed by atoms with E-state index in [1.54, 1.807) is 6.07 Å². The molecule has 0 radical (unpaired) electrons. The van der Waals surface area contributed by atoms with Crippen LogP contribution >= 0.6 is 0 Å². The molecule has 204 valence electrons. The van der Waals surface area contributed by atoms with Crippen molar-refractivity contribution < 1.29 is 31.1 Å². The number of aromatic nitrogens is 2. The van der Waals surface area contributed by atoms with Gasteiger partial charge in [-0.2, -0.15) is 13.2 Å². The van der Waals surface area contributed by atoms with Gasteiger partial charge in [-0.25, -0.2) is 22.8 Å². The normalized spacial score (nSPS) is 20.3. The number of rotatable bonds is 7. The molecule has 8 nitrogen and oxygen atoms in total. The highest BCUT2D eigenvalue weighted by molar-refractivity contribution is 7.92. The third kappa shape index (κ3) is 6.16. The first-order valence-electron chi connectivity index (χ1n) is 11.8. The highest BCUT2D eigenvalue weighted by atomic mass is 32.2. The maximum absolute atomic E-state index is 15.0. The van der Waals surface area contributed by atoms with E-state index in [1.807, 2.05) is 19.0 Å². The highest BCUT2D eigenvalue weighted by Gasteiger charge is 2.35. The van der Waals surface area contributed by atoms with E-state index >= 15 is 0 Å². The summed E-state index contributed by atoms with van der Waals surface area (Å²) in [4.78, 5) is 8.60. The smallest absolute Gasteiger partial charge is 0.416 e. The number of nitrogens with one attached hydrogen (secondary N) is 2. The molecule has 1 aromatic heterocycles. The van der Waals surface area contributed by atoms with E-state index in [2.05, 4.69) is 20.0 Å². The van der Waals surface area contributed by atoms with E-state index in [9.17, 15) is 31.1 Å². The lowest BCUT2D eigenvalue weighted by atomic mass is 9.78. The largest absolute Gasteiger partial charge is 0.506 e. The molecule has 38 heavy (non-hydrogen) atoms. The van der Waals surface area contributed by atoms with Crippen molar-refractivity contribution in [3.63, 3.8) is 0 Å². The van der Waals surface area contributed by atoms with Gasteiger partial charge in [0.05, 0.1) is 11.3 Å². The van der Waals surface area contributed by atoms with Gasteiger partial charge in [0, 0.05) is 30.4 Å². The summed E-state index contributed by atoms with van der Waals surface area (Å²) in [5, 5.41) is 13.7. The Morgan fingerprint density at radius 3 is 2.53 bits per heavy atom. The van der Waals surface area contributed by atoms with Gasteiger partial charge in [-0.15, -0.1) is 0 Å². The van der Waals surface area contributed by atoms with Gasteiger partial charge in [-0.3, -0.25) is 4.72 Å². The number of phenols is 1. The zero-order chi connectivity index (χ0) is 27.7. The Bertz CT molecular complexity index is 1390. The molecule has 1 aliphatic carbocycles. The number of sulfonamides is 1. The maximum atomic E-state index is 15.0. The van der Waals surface area contributed by atoms with Crippen molar-refractivity contribution in [3.05, 3.63) is 71.9 Å². The number of aromatic hydroxyl groups is 1. The van der Waals surface area contributed by atoms with E-state index in [0.717, 1.165) is 24.5 Å². The first-order valence-corrected chi connectivity index (χ1v) is 13.2. The van der Waals surface area contributed by atoms with Crippen LogP contribution < -0.4 is 10.0 Å². The molecule has 1 fully saturated rings. The summed E-state index contributed by atoms with van der Waals surface area (Å²) in [6.45, 7) is 0. The van der Waals surface area contributed by atoms with Crippen molar-refractivity contribution in [2.45, 2.75) is 48.3 Å². The molecule has 0 saturated heterocycles. The van der Waals surface area contributed by atoms with Gasteiger partial charge in [0.25, 0.3) is 10.0 Å². The fourth-order valence-corrected chi connectivity index (χ4v) is 5.85. The second-order valence-electron chi connectivity index (χ2n) is 9.41. The molecule has 1 saturated carbocycles. The summed E-state index contributed by atoms with van der Waals surface area (Å²) in [6.07, 6.45) is -0.357. The number of phenolic OH excluding ortho intramolecular Hbond substituents is 1. The number of hydrogen-bond acceptors (Lipinski definition) is 7. The van der Waals surface area contributed by atoms with E-state index in [-0.39, 0.29) is 29.5 Å². The van der Waals surface area contributed by atoms with Crippen LogP contribution in [0, 0.1) is 5.82 Å². The monoisotopic (exact) mass is 553 g/mol. The third-order valence-electron chi connectivity index (χ3n) is 6.67. The van der Waals surface area contributed by atoms with Crippen molar-refractivity contribution in [3.8, 4) is 5.75 Å². The quantitative estimate of drug-likeness (QED) is 0.285. The van der Waals surface area contributed by atoms with E-state index < -0.39 is 38.2 Å². The SMILES string of the molecule is CN(C)[C@H]1CC(c2cccc(C(F)(F)F)c2)CC[C@@H]1Nc1cc(F)c(S(=O)(=O)Nc2ccncn2)cc1O. The lowest BCUT2D eigenvalue weighted by Crippen LogP contribution is -2.47. The average molecular weight is 554 g/mol. The Morgan fingerprint density at radius 2 is 1.87 bits per heavy atom. The minimum atomic E-state index is -4.43. The molecule has 0 bridgehead atoms. The number of alkyl halides is 3. The van der Waals surface area contributed by atoms with Crippen LogP contribution in [0.15, 0.2) is 59.9 Å². The van der Waals surface area contributed by atoms with Crippen LogP contribution in [0.5, 0.6) is 5.75 Å². The van der Waals surface area contributed by atoms with Crippen molar-refractivity contribution in [1.82, 2.24) is 14.9 Å². The molecule has 0 spiro atoms. The number of benzene rings is 2. The van der Waals surface area contributed by atoms with Gasteiger partial charge in [0.15, 0.2) is 0 Å². The lowest BCUT2D eigenvalue weighted by molar-refractivity contribution is -0.137. The van der Waals surface area contributed by atoms with Crippen molar-refractivity contribution in [2.24, 2.45) is 0 Å². The minimum absolute atomic E-state index is 0.0119. The van der Waals surface area contributed by atoms with Crippen molar-refractivity contribution in [1.29, 1.82) is 0 Å². The second-order valence-corrected chi connectivity index (χ2v) is 11.1. The number of halogens is 4. The van der Waals surface area contributed by atoms with Crippen LogP contribution in [-0.2, 0) is 16.2 Å². The fourth-order valence-electron chi connectivity index (χ4n) is 4.77. The van der Waals surface area contributed by atoms with Crippen LogP contribution in [-0.4, -0.2) is 54.6 Å². The average Bonchev–Trinajstić information content (AvgIpc) is 2.86. The summed E-state index contributed by atoms with van der Waals surface area (Å²) in [7, 11) is -0.712. The van der Waals surface area contributed by atoms with Crippen molar-refractivity contribution in [2.75, 3.05) is 24.1 Å². The van der Waals surface area contributed by atoms with Crippen LogP contribution in [0.25, 0.3) is 0 Å². The molecule has 4 rings (SSSR count). The van der Waals surface area contributed by atoms with Crippen LogP contribution in [0.1, 0.15) is 36.3 Å². The van der Waals surface area contributed by atoms with E-state index in [1.165, 1.54) is 24.4 Å². The van der Waals surface area contributed by atoms with Gasteiger partial charge < -0.3 is 15.3 Å². The van der Waals surface area contributed by atoms with Gasteiger partial charge in [-0.1, -0.05) is 18.2 Å². The Labute approximate surface area is 217 Å². The van der Waals surface area contributed by atoms with Gasteiger partial charge in [0.1, 0.15) is 28.6 Å². The van der Waals surface area contributed by atoms with Crippen LogP contribution in [0.4, 0.5) is 29.1 Å². The molecule has 1 heterocycles. The number of anilines is 2.